The summed E-state index contributed by atoms with van der Waals surface area (Å²) in [7, 11) is 0. The van der Waals surface area contributed by atoms with Gasteiger partial charge in [0.1, 0.15) is 0 Å². The second-order valence-corrected chi connectivity index (χ2v) is 4.31. The largest absolute Gasteiger partial charge is 0.453 e. The number of rotatable bonds is 1. The minimum Gasteiger partial charge on any atom is -0.411 e. The van der Waals surface area contributed by atoms with Crippen molar-refractivity contribution in [1.82, 2.24) is 14.6 Å². The molecule has 0 bridgehead atoms. The van der Waals surface area contributed by atoms with Crippen LogP contribution in [0.1, 0.15) is 23.3 Å². The van der Waals surface area contributed by atoms with Gasteiger partial charge in [0.05, 0.1) is 16.3 Å². The molecule has 9 heteroatoms. The molecule has 0 saturated heterocycles. The molecule has 92 valence electrons. The molecular weight excluding hydrogens is 257 g/mol. The number of oxime groups is 1. The topological polar surface area (TPSA) is 62.8 Å². The van der Waals surface area contributed by atoms with E-state index in [0.717, 1.165) is 15.9 Å². The van der Waals surface area contributed by atoms with Crippen LogP contribution < -0.4 is 0 Å². The van der Waals surface area contributed by atoms with E-state index in [4.69, 9.17) is 5.21 Å². The van der Waals surface area contributed by atoms with Crippen molar-refractivity contribution in [2.24, 2.45) is 5.16 Å². The Hall–Kier alpha value is -1.64. The Bertz CT molecular complexity index is 598. The first-order chi connectivity index (χ1) is 7.84. The Balaban J connectivity index is 2.61. The highest BCUT2D eigenvalue weighted by Crippen LogP contribution is 2.29. The fourth-order valence-corrected chi connectivity index (χ4v) is 2.35. The van der Waals surface area contributed by atoms with Crippen LogP contribution in [-0.2, 0) is 6.18 Å². The van der Waals surface area contributed by atoms with Crippen LogP contribution in [0, 0.1) is 6.92 Å². The van der Waals surface area contributed by atoms with E-state index < -0.39 is 12.0 Å². The zero-order valence-corrected chi connectivity index (χ0v) is 9.59. The van der Waals surface area contributed by atoms with E-state index in [1.165, 1.54) is 0 Å². The molecule has 0 fully saturated rings. The first-order valence-corrected chi connectivity index (χ1v) is 5.28. The molecule has 0 aliphatic heterocycles. The standard InChI is InChI=1S/C8H7F3N4OS/c1-3(14-16)5-4(2)15-7(17-5)12-6(13-15)8(9,10)11/h16H,1-2H3/b14-3+. The highest BCUT2D eigenvalue weighted by molar-refractivity contribution is 7.19. The van der Waals surface area contributed by atoms with Crippen LogP contribution in [0.4, 0.5) is 13.2 Å². The molecule has 0 aliphatic rings. The lowest BCUT2D eigenvalue weighted by Crippen LogP contribution is -2.08. The number of hydrogen-bond donors (Lipinski definition) is 1. The Labute approximate surface area is 97.2 Å². The van der Waals surface area contributed by atoms with E-state index in [-0.39, 0.29) is 4.96 Å². The van der Waals surface area contributed by atoms with Gasteiger partial charge in [0.15, 0.2) is 0 Å². The van der Waals surface area contributed by atoms with Crippen molar-refractivity contribution in [1.29, 1.82) is 0 Å². The summed E-state index contributed by atoms with van der Waals surface area (Å²) in [4.78, 5) is 4.06. The zero-order chi connectivity index (χ0) is 12.8. The summed E-state index contributed by atoms with van der Waals surface area (Å²) in [6, 6.07) is 0. The van der Waals surface area contributed by atoms with Gasteiger partial charge in [-0.3, -0.25) is 0 Å². The predicted molar refractivity (Wildman–Crippen MR) is 54.6 cm³/mol. The first-order valence-electron chi connectivity index (χ1n) is 4.47. The monoisotopic (exact) mass is 264 g/mol. The maximum Gasteiger partial charge on any atom is 0.453 e. The van der Waals surface area contributed by atoms with Gasteiger partial charge in [-0.2, -0.15) is 18.2 Å². The summed E-state index contributed by atoms with van der Waals surface area (Å²) >= 11 is 0.992. The normalized spacial score (nSPS) is 13.6. The molecule has 0 unspecified atom stereocenters. The molecule has 2 aromatic rings. The third kappa shape index (κ3) is 1.86. The summed E-state index contributed by atoms with van der Waals surface area (Å²) < 4.78 is 38.2. The van der Waals surface area contributed by atoms with E-state index >= 15 is 0 Å². The summed E-state index contributed by atoms with van der Waals surface area (Å²) in [6.07, 6.45) is -4.56. The van der Waals surface area contributed by atoms with Gasteiger partial charge in [-0.1, -0.05) is 16.5 Å². The van der Waals surface area contributed by atoms with Gasteiger partial charge in [0.2, 0.25) is 4.96 Å². The predicted octanol–water partition coefficient (Wildman–Crippen LogP) is 2.32. The third-order valence-corrected chi connectivity index (χ3v) is 3.39. The van der Waals surface area contributed by atoms with Crippen molar-refractivity contribution >= 4 is 22.0 Å². The van der Waals surface area contributed by atoms with Crippen molar-refractivity contribution in [3.05, 3.63) is 16.4 Å². The van der Waals surface area contributed by atoms with Gasteiger partial charge >= 0.3 is 6.18 Å². The minimum absolute atomic E-state index is 0.118. The highest BCUT2D eigenvalue weighted by Gasteiger charge is 2.37. The Morgan fingerprint density at radius 2 is 2.12 bits per heavy atom. The molecule has 0 atom stereocenters. The smallest absolute Gasteiger partial charge is 0.411 e. The van der Waals surface area contributed by atoms with Gasteiger partial charge in [-0.25, -0.2) is 4.52 Å². The van der Waals surface area contributed by atoms with Crippen LogP contribution in [0.2, 0.25) is 0 Å². The third-order valence-electron chi connectivity index (χ3n) is 2.15. The Morgan fingerprint density at radius 3 is 2.59 bits per heavy atom. The SMILES string of the molecule is C/C(=N\O)c1sc2nc(C(F)(F)F)nn2c1C. The van der Waals surface area contributed by atoms with Gasteiger partial charge in [0, 0.05) is 0 Å². The molecule has 0 aromatic carbocycles. The van der Waals surface area contributed by atoms with Crippen LogP contribution >= 0.6 is 11.3 Å². The lowest BCUT2D eigenvalue weighted by atomic mass is 10.3. The molecule has 0 spiro atoms. The second kappa shape index (κ2) is 3.69. The summed E-state index contributed by atoms with van der Waals surface area (Å²) in [5.41, 5.74) is 0.775. The average molecular weight is 264 g/mol. The van der Waals surface area contributed by atoms with Gasteiger partial charge in [-0.15, -0.1) is 5.10 Å². The molecular formula is C8H7F3N4OS. The number of nitrogens with zero attached hydrogens (tertiary/aromatic N) is 4. The number of halogens is 3. The van der Waals surface area contributed by atoms with E-state index in [0.29, 0.717) is 16.3 Å². The van der Waals surface area contributed by atoms with Crippen molar-refractivity contribution in [2.45, 2.75) is 20.0 Å². The summed E-state index contributed by atoms with van der Waals surface area (Å²) in [5, 5.41) is 15.0. The van der Waals surface area contributed by atoms with Crippen molar-refractivity contribution < 1.29 is 18.4 Å². The van der Waals surface area contributed by atoms with Crippen molar-refractivity contribution in [2.75, 3.05) is 0 Å². The van der Waals surface area contributed by atoms with Crippen molar-refractivity contribution in [3.63, 3.8) is 0 Å². The molecule has 0 saturated carbocycles. The summed E-state index contributed by atoms with van der Waals surface area (Å²) in [5.74, 6) is -1.17. The number of thiazole rings is 1. The highest BCUT2D eigenvalue weighted by atomic mass is 32.1. The molecule has 17 heavy (non-hydrogen) atoms. The number of hydrogen-bond acceptors (Lipinski definition) is 5. The lowest BCUT2D eigenvalue weighted by molar-refractivity contribution is -0.144. The zero-order valence-electron chi connectivity index (χ0n) is 8.78. The van der Waals surface area contributed by atoms with E-state index in [9.17, 15) is 13.2 Å². The fraction of sp³-hybridized carbons (Fsp3) is 0.375. The van der Waals surface area contributed by atoms with Gasteiger partial charge in [-0.05, 0) is 13.8 Å². The number of fused-ring (bicyclic) bond motifs is 1. The molecule has 2 rings (SSSR count). The maximum atomic E-state index is 12.4. The van der Waals surface area contributed by atoms with Crippen LogP contribution in [0.3, 0.4) is 0 Å². The van der Waals surface area contributed by atoms with Crippen LogP contribution in [0.15, 0.2) is 5.16 Å². The quantitative estimate of drug-likeness (QED) is 0.488. The molecule has 2 heterocycles. The van der Waals surface area contributed by atoms with Crippen LogP contribution in [-0.4, -0.2) is 25.5 Å². The molecule has 2 aromatic heterocycles. The fourth-order valence-electron chi connectivity index (χ4n) is 1.34. The molecule has 0 radical (unpaired) electrons. The van der Waals surface area contributed by atoms with Gasteiger partial charge in [0.25, 0.3) is 5.82 Å². The number of aromatic nitrogens is 3. The van der Waals surface area contributed by atoms with E-state index in [1.54, 1.807) is 13.8 Å². The second-order valence-electron chi connectivity index (χ2n) is 3.33. The lowest BCUT2D eigenvalue weighted by Gasteiger charge is -1.98. The van der Waals surface area contributed by atoms with Crippen LogP contribution in [0.25, 0.3) is 4.96 Å². The van der Waals surface area contributed by atoms with E-state index in [2.05, 4.69) is 15.2 Å². The minimum atomic E-state index is -4.56. The van der Waals surface area contributed by atoms with E-state index in [1.807, 2.05) is 0 Å². The molecule has 0 amide bonds. The number of aryl methyl sites for hydroxylation is 1. The molecule has 5 nitrogen and oxygen atoms in total. The summed E-state index contributed by atoms with van der Waals surface area (Å²) in [6.45, 7) is 3.13. The molecule has 0 aliphatic carbocycles. The Kier molecular flexibility index (Phi) is 2.57. The Morgan fingerprint density at radius 1 is 1.47 bits per heavy atom. The van der Waals surface area contributed by atoms with Gasteiger partial charge < -0.3 is 5.21 Å². The van der Waals surface area contributed by atoms with Crippen molar-refractivity contribution in [3.8, 4) is 0 Å². The number of alkyl halides is 3. The maximum absolute atomic E-state index is 12.4. The van der Waals surface area contributed by atoms with Crippen LogP contribution in [0.5, 0.6) is 0 Å². The first kappa shape index (κ1) is 11.8. The molecule has 1 N–H and O–H groups in total. The average Bonchev–Trinajstić information content (AvgIpc) is 2.77.